The fourth-order valence-electron chi connectivity index (χ4n) is 3.20. The first-order valence-corrected chi connectivity index (χ1v) is 5.89. The summed E-state index contributed by atoms with van der Waals surface area (Å²) in [6.07, 6.45) is 15.8. The van der Waals surface area contributed by atoms with Crippen LogP contribution in [0.4, 0.5) is 0 Å². The quantitative estimate of drug-likeness (QED) is 0.582. The molecule has 0 radical (unpaired) electrons. The van der Waals surface area contributed by atoms with Crippen molar-refractivity contribution < 1.29 is 0 Å². The fraction of sp³-hybridized carbons (Fsp3) is 0.538. The Hall–Kier alpha value is -0.860. The molecular formula is C13H18N2. The van der Waals surface area contributed by atoms with Gasteiger partial charge in [-0.15, -0.1) is 0 Å². The summed E-state index contributed by atoms with van der Waals surface area (Å²) in [5.74, 6) is 1.37. The van der Waals surface area contributed by atoms with Crippen molar-refractivity contribution in [3.8, 4) is 0 Å². The Morgan fingerprint density at radius 3 is 2.93 bits per heavy atom. The molecular weight excluding hydrogens is 184 g/mol. The smallest absolute Gasteiger partial charge is 0.0389 e. The zero-order chi connectivity index (χ0) is 10.3. The van der Waals surface area contributed by atoms with Crippen LogP contribution in [0.2, 0.25) is 0 Å². The molecule has 80 valence electrons. The van der Waals surface area contributed by atoms with Crippen molar-refractivity contribution in [3.05, 3.63) is 36.5 Å². The van der Waals surface area contributed by atoms with E-state index in [1.165, 1.54) is 12.8 Å². The molecule has 0 amide bonds. The summed E-state index contributed by atoms with van der Waals surface area (Å²) in [4.78, 5) is 0. The van der Waals surface area contributed by atoms with Crippen LogP contribution in [0.25, 0.3) is 0 Å². The highest BCUT2D eigenvalue weighted by molar-refractivity contribution is 5.23. The SMILES string of the molecule is NC1C=CC=CC2C3CCC=CC3NC12. The van der Waals surface area contributed by atoms with Crippen LogP contribution in [0.15, 0.2) is 36.5 Å². The van der Waals surface area contributed by atoms with Crippen molar-refractivity contribution in [2.45, 2.75) is 31.0 Å². The minimum atomic E-state index is 0.156. The second-order valence-corrected chi connectivity index (χ2v) is 4.81. The molecule has 2 nitrogen and oxygen atoms in total. The molecule has 1 saturated heterocycles. The molecule has 15 heavy (non-hydrogen) atoms. The molecule has 1 fully saturated rings. The Morgan fingerprint density at radius 1 is 1.13 bits per heavy atom. The first-order chi connectivity index (χ1) is 7.36. The van der Waals surface area contributed by atoms with Gasteiger partial charge in [-0.05, 0) is 24.7 Å². The van der Waals surface area contributed by atoms with E-state index < -0.39 is 0 Å². The van der Waals surface area contributed by atoms with Gasteiger partial charge in [0.15, 0.2) is 0 Å². The predicted molar refractivity (Wildman–Crippen MR) is 62.3 cm³/mol. The second kappa shape index (κ2) is 3.62. The lowest BCUT2D eigenvalue weighted by atomic mass is 9.80. The van der Waals surface area contributed by atoms with Crippen LogP contribution in [0.3, 0.4) is 0 Å². The van der Waals surface area contributed by atoms with Crippen LogP contribution in [-0.2, 0) is 0 Å². The minimum Gasteiger partial charge on any atom is -0.323 e. The Balaban J connectivity index is 1.90. The van der Waals surface area contributed by atoms with E-state index in [-0.39, 0.29) is 6.04 Å². The van der Waals surface area contributed by atoms with Gasteiger partial charge in [0.2, 0.25) is 0 Å². The molecule has 0 aromatic carbocycles. The van der Waals surface area contributed by atoms with Crippen LogP contribution in [0.1, 0.15) is 12.8 Å². The number of nitrogens with one attached hydrogen (secondary N) is 1. The highest BCUT2D eigenvalue weighted by Crippen LogP contribution is 2.37. The summed E-state index contributed by atoms with van der Waals surface area (Å²) in [5, 5.41) is 3.67. The minimum absolute atomic E-state index is 0.156. The Kier molecular flexibility index (Phi) is 2.26. The van der Waals surface area contributed by atoms with E-state index in [1.807, 2.05) is 0 Å². The summed E-state index contributed by atoms with van der Waals surface area (Å²) in [6.45, 7) is 0. The number of hydrogen-bond donors (Lipinski definition) is 2. The molecule has 3 N–H and O–H groups in total. The largest absolute Gasteiger partial charge is 0.323 e. The molecule has 5 unspecified atom stereocenters. The summed E-state index contributed by atoms with van der Waals surface area (Å²) in [7, 11) is 0. The third kappa shape index (κ3) is 1.48. The van der Waals surface area contributed by atoms with E-state index in [0.29, 0.717) is 18.0 Å². The highest BCUT2D eigenvalue weighted by Gasteiger charge is 2.42. The van der Waals surface area contributed by atoms with Crippen molar-refractivity contribution >= 4 is 0 Å². The van der Waals surface area contributed by atoms with E-state index >= 15 is 0 Å². The van der Waals surface area contributed by atoms with Gasteiger partial charge in [-0.25, -0.2) is 0 Å². The lowest BCUT2D eigenvalue weighted by molar-refractivity contribution is 0.380. The van der Waals surface area contributed by atoms with Gasteiger partial charge in [0.05, 0.1) is 0 Å². The number of hydrogen-bond acceptors (Lipinski definition) is 2. The molecule has 1 heterocycles. The Labute approximate surface area is 90.9 Å². The molecule has 0 bridgehead atoms. The monoisotopic (exact) mass is 202 g/mol. The molecule has 0 spiro atoms. The van der Waals surface area contributed by atoms with Crippen molar-refractivity contribution in [2.75, 3.05) is 0 Å². The van der Waals surface area contributed by atoms with Crippen LogP contribution in [0, 0.1) is 11.8 Å². The first kappa shape index (κ1) is 9.37. The van der Waals surface area contributed by atoms with Crippen molar-refractivity contribution in [3.63, 3.8) is 0 Å². The fourth-order valence-corrected chi connectivity index (χ4v) is 3.20. The third-order valence-corrected chi connectivity index (χ3v) is 3.96. The van der Waals surface area contributed by atoms with Crippen molar-refractivity contribution in [1.29, 1.82) is 0 Å². The zero-order valence-corrected chi connectivity index (χ0v) is 8.84. The normalized spacial score (nSPS) is 47.4. The summed E-state index contributed by atoms with van der Waals surface area (Å²) in [5.41, 5.74) is 6.16. The molecule has 0 aromatic heterocycles. The van der Waals surface area contributed by atoms with E-state index in [0.717, 1.165) is 5.92 Å². The van der Waals surface area contributed by atoms with E-state index in [1.54, 1.807) is 0 Å². The second-order valence-electron chi connectivity index (χ2n) is 4.81. The van der Waals surface area contributed by atoms with Crippen LogP contribution in [0.5, 0.6) is 0 Å². The molecule has 5 atom stereocenters. The lowest BCUT2D eigenvalue weighted by Crippen LogP contribution is -2.44. The maximum Gasteiger partial charge on any atom is 0.0389 e. The summed E-state index contributed by atoms with van der Waals surface area (Å²) in [6, 6.07) is 1.14. The molecule has 2 heteroatoms. The summed E-state index contributed by atoms with van der Waals surface area (Å²) >= 11 is 0. The number of rotatable bonds is 0. The number of nitrogens with two attached hydrogens (primary N) is 1. The first-order valence-electron chi connectivity index (χ1n) is 5.89. The average molecular weight is 202 g/mol. The third-order valence-electron chi connectivity index (χ3n) is 3.96. The molecule has 0 aromatic rings. The van der Waals surface area contributed by atoms with E-state index in [2.05, 4.69) is 41.8 Å². The molecule has 1 aliphatic heterocycles. The standard InChI is InChI=1S/C13H18N2/c14-11-7-3-1-6-10-9-5-2-4-8-12(9)15-13(10)11/h1,3-4,6-13,15H,2,5,14H2. The Morgan fingerprint density at radius 2 is 2.00 bits per heavy atom. The van der Waals surface area contributed by atoms with Gasteiger partial charge in [-0.3, -0.25) is 0 Å². The highest BCUT2D eigenvalue weighted by atomic mass is 15.0. The van der Waals surface area contributed by atoms with Crippen molar-refractivity contribution in [2.24, 2.45) is 17.6 Å². The maximum atomic E-state index is 6.16. The lowest BCUT2D eigenvalue weighted by Gasteiger charge is -2.24. The molecule has 3 rings (SSSR count). The molecule has 3 aliphatic rings. The van der Waals surface area contributed by atoms with Gasteiger partial charge >= 0.3 is 0 Å². The van der Waals surface area contributed by atoms with Gasteiger partial charge in [0, 0.05) is 18.1 Å². The maximum absolute atomic E-state index is 6.16. The number of fused-ring (bicyclic) bond motifs is 3. The molecule has 0 saturated carbocycles. The predicted octanol–water partition coefficient (Wildman–Crippen LogP) is 1.36. The van der Waals surface area contributed by atoms with Crippen LogP contribution < -0.4 is 11.1 Å². The Bertz CT molecular complexity index is 329. The van der Waals surface area contributed by atoms with Gasteiger partial charge in [0.1, 0.15) is 0 Å². The average Bonchev–Trinajstić information content (AvgIpc) is 2.54. The van der Waals surface area contributed by atoms with Gasteiger partial charge in [-0.2, -0.15) is 0 Å². The van der Waals surface area contributed by atoms with Gasteiger partial charge < -0.3 is 11.1 Å². The van der Waals surface area contributed by atoms with E-state index in [9.17, 15) is 0 Å². The zero-order valence-electron chi connectivity index (χ0n) is 8.84. The topological polar surface area (TPSA) is 38.0 Å². The van der Waals surface area contributed by atoms with Crippen LogP contribution >= 0.6 is 0 Å². The van der Waals surface area contributed by atoms with Gasteiger partial charge in [-0.1, -0.05) is 36.5 Å². The summed E-state index contributed by atoms with van der Waals surface area (Å²) < 4.78 is 0. The van der Waals surface area contributed by atoms with Crippen molar-refractivity contribution in [1.82, 2.24) is 5.32 Å². The molecule has 2 aliphatic carbocycles. The van der Waals surface area contributed by atoms with Crippen LogP contribution in [-0.4, -0.2) is 18.1 Å². The van der Waals surface area contributed by atoms with Gasteiger partial charge in [0.25, 0.3) is 0 Å². The number of allylic oxidation sites excluding steroid dienone is 3. The van der Waals surface area contributed by atoms with E-state index in [4.69, 9.17) is 5.73 Å².